The van der Waals surface area contributed by atoms with Gasteiger partial charge in [-0.1, -0.05) is 0 Å². The molecule has 0 saturated heterocycles. The maximum absolute atomic E-state index is 12.6. The standard InChI is InChI=1S/C22H19N3O4S2/c1-14-23-20-12-7-17(13-21(20)30-14)24-22(26)15-3-10-19(11-4-15)31(27,28)25-16-5-8-18(29-2)9-6-16/h3-13,25H,1-2H3,(H,24,26). The Hall–Kier alpha value is -3.43. The molecule has 7 nitrogen and oxygen atoms in total. The fourth-order valence-corrected chi connectivity index (χ4v) is 4.90. The summed E-state index contributed by atoms with van der Waals surface area (Å²) in [6.07, 6.45) is 0. The number of fused-ring (bicyclic) bond motifs is 1. The number of ether oxygens (including phenoxy) is 1. The summed E-state index contributed by atoms with van der Waals surface area (Å²) in [5.41, 5.74) is 2.30. The van der Waals surface area contributed by atoms with E-state index >= 15 is 0 Å². The first-order valence-electron chi connectivity index (χ1n) is 9.29. The maximum atomic E-state index is 12.6. The molecular formula is C22H19N3O4S2. The third-order valence-electron chi connectivity index (χ3n) is 4.52. The number of anilines is 2. The fraction of sp³-hybridized carbons (Fsp3) is 0.0909. The van der Waals surface area contributed by atoms with Gasteiger partial charge < -0.3 is 10.1 Å². The molecule has 0 unspecified atom stereocenters. The molecule has 9 heteroatoms. The zero-order valence-electron chi connectivity index (χ0n) is 16.7. The van der Waals surface area contributed by atoms with Crippen LogP contribution in [0.3, 0.4) is 0 Å². The number of thiazole rings is 1. The number of benzene rings is 3. The van der Waals surface area contributed by atoms with Crippen LogP contribution in [-0.2, 0) is 10.0 Å². The SMILES string of the molecule is COc1ccc(NS(=O)(=O)c2ccc(C(=O)Nc3ccc4nc(C)sc4c3)cc2)cc1. The monoisotopic (exact) mass is 453 g/mol. The minimum atomic E-state index is -3.78. The van der Waals surface area contributed by atoms with E-state index in [-0.39, 0.29) is 10.8 Å². The van der Waals surface area contributed by atoms with Crippen molar-refractivity contribution in [1.29, 1.82) is 0 Å². The Bertz CT molecular complexity index is 1350. The minimum absolute atomic E-state index is 0.0569. The van der Waals surface area contributed by atoms with E-state index in [1.165, 1.54) is 31.4 Å². The average Bonchev–Trinajstić information content (AvgIpc) is 3.13. The summed E-state index contributed by atoms with van der Waals surface area (Å²) < 4.78 is 33.8. The van der Waals surface area contributed by atoms with Gasteiger partial charge in [0.2, 0.25) is 0 Å². The van der Waals surface area contributed by atoms with Gasteiger partial charge in [-0.15, -0.1) is 11.3 Å². The number of carbonyl (C=O) groups excluding carboxylic acids is 1. The highest BCUT2D eigenvalue weighted by Crippen LogP contribution is 2.25. The number of nitrogens with one attached hydrogen (secondary N) is 2. The molecule has 0 aliphatic heterocycles. The quantitative estimate of drug-likeness (QED) is 0.442. The molecule has 4 rings (SSSR count). The van der Waals surface area contributed by atoms with Crippen molar-refractivity contribution in [2.75, 3.05) is 17.1 Å². The molecular weight excluding hydrogens is 434 g/mol. The van der Waals surface area contributed by atoms with Gasteiger partial charge in [-0.05, 0) is 73.7 Å². The van der Waals surface area contributed by atoms with E-state index in [0.29, 0.717) is 22.7 Å². The number of rotatable bonds is 6. The van der Waals surface area contributed by atoms with Crippen molar-refractivity contribution in [1.82, 2.24) is 4.98 Å². The van der Waals surface area contributed by atoms with E-state index in [9.17, 15) is 13.2 Å². The minimum Gasteiger partial charge on any atom is -0.497 e. The lowest BCUT2D eigenvalue weighted by Crippen LogP contribution is -2.14. The Labute approximate surface area is 183 Å². The Morgan fingerprint density at radius 2 is 1.65 bits per heavy atom. The molecule has 0 spiro atoms. The second kappa shape index (κ2) is 8.37. The number of sulfonamides is 1. The molecule has 1 amide bonds. The summed E-state index contributed by atoms with van der Waals surface area (Å²) in [4.78, 5) is 17.0. The molecule has 0 saturated carbocycles. The summed E-state index contributed by atoms with van der Waals surface area (Å²) in [6, 6.07) is 17.8. The molecule has 3 aromatic carbocycles. The Balaban J connectivity index is 1.47. The molecule has 0 fully saturated rings. The van der Waals surface area contributed by atoms with Gasteiger partial charge in [0.05, 0.1) is 27.2 Å². The molecule has 0 aliphatic carbocycles. The van der Waals surface area contributed by atoms with Crippen molar-refractivity contribution < 1.29 is 17.9 Å². The molecule has 158 valence electrons. The van der Waals surface area contributed by atoms with Gasteiger partial charge in [-0.2, -0.15) is 0 Å². The maximum Gasteiger partial charge on any atom is 0.261 e. The highest BCUT2D eigenvalue weighted by Gasteiger charge is 2.16. The third-order valence-corrected chi connectivity index (χ3v) is 6.85. The van der Waals surface area contributed by atoms with Gasteiger partial charge in [-0.3, -0.25) is 9.52 Å². The van der Waals surface area contributed by atoms with Crippen LogP contribution in [0, 0.1) is 6.92 Å². The number of aryl methyl sites for hydroxylation is 1. The number of hydrogen-bond donors (Lipinski definition) is 2. The van der Waals surface area contributed by atoms with Crippen LogP contribution in [0.25, 0.3) is 10.2 Å². The lowest BCUT2D eigenvalue weighted by atomic mass is 10.2. The third kappa shape index (κ3) is 4.68. The predicted octanol–water partition coefficient (Wildman–Crippen LogP) is 4.67. The summed E-state index contributed by atoms with van der Waals surface area (Å²) in [7, 11) is -2.25. The average molecular weight is 454 g/mol. The van der Waals surface area contributed by atoms with E-state index in [1.807, 2.05) is 19.1 Å². The lowest BCUT2D eigenvalue weighted by Gasteiger charge is -2.10. The van der Waals surface area contributed by atoms with Crippen LogP contribution in [0.2, 0.25) is 0 Å². The molecule has 4 aromatic rings. The van der Waals surface area contributed by atoms with Crippen LogP contribution in [0.5, 0.6) is 5.75 Å². The van der Waals surface area contributed by atoms with Crippen molar-refractivity contribution in [3.63, 3.8) is 0 Å². The molecule has 0 bridgehead atoms. The number of aromatic nitrogens is 1. The van der Waals surface area contributed by atoms with E-state index in [4.69, 9.17) is 4.74 Å². The summed E-state index contributed by atoms with van der Waals surface area (Å²) in [5, 5.41) is 3.79. The van der Waals surface area contributed by atoms with Crippen molar-refractivity contribution >= 4 is 48.9 Å². The van der Waals surface area contributed by atoms with Crippen molar-refractivity contribution in [2.24, 2.45) is 0 Å². The van der Waals surface area contributed by atoms with Crippen LogP contribution >= 0.6 is 11.3 Å². The van der Waals surface area contributed by atoms with E-state index in [0.717, 1.165) is 15.2 Å². The predicted molar refractivity (Wildman–Crippen MR) is 123 cm³/mol. The van der Waals surface area contributed by atoms with Crippen molar-refractivity contribution in [3.8, 4) is 5.75 Å². The molecule has 31 heavy (non-hydrogen) atoms. The number of hydrogen-bond acceptors (Lipinski definition) is 6. The normalized spacial score (nSPS) is 11.3. The topological polar surface area (TPSA) is 97.4 Å². The Morgan fingerprint density at radius 3 is 2.32 bits per heavy atom. The van der Waals surface area contributed by atoms with Crippen molar-refractivity contribution in [2.45, 2.75) is 11.8 Å². The smallest absolute Gasteiger partial charge is 0.261 e. The van der Waals surface area contributed by atoms with Gasteiger partial charge in [-0.25, -0.2) is 13.4 Å². The van der Waals surface area contributed by atoms with E-state index in [2.05, 4.69) is 15.0 Å². The molecule has 1 heterocycles. The number of nitrogens with zero attached hydrogens (tertiary/aromatic N) is 1. The second-order valence-corrected chi connectivity index (χ2v) is 9.65. The zero-order valence-corrected chi connectivity index (χ0v) is 18.4. The number of carbonyl (C=O) groups is 1. The molecule has 1 aromatic heterocycles. The first-order valence-corrected chi connectivity index (χ1v) is 11.6. The highest BCUT2D eigenvalue weighted by molar-refractivity contribution is 7.92. The van der Waals surface area contributed by atoms with Crippen LogP contribution < -0.4 is 14.8 Å². The Morgan fingerprint density at radius 1 is 0.968 bits per heavy atom. The number of amides is 1. The molecule has 0 atom stereocenters. The first kappa shape index (κ1) is 20.8. The van der Waals surface area contributed by atoms with Gasteiger partial charge in [0.1, 0.15) is 5.75 Å². The lowest BCUT2D eigenvalue weighted by molar-refractivity contribution is 0.102. The van der Waals surface area contributed by atoms with Gasteiger partial charge in [0.15, 0.2) is 0 Å². The van der Waals surface area contributed by atoms with Gasteiger partial charge in [0, 0.05) is 16.9 Å². The van der Waals surface area contributed by atoms with Crippen LogP contribution in [0.4, 0.5) is 11.4 Å². The Kier molecular flexibility index (Phi) is 5.62. The molecule has 0 radical (unpaired) electrons. The van der Waals surface area contributed by atoms with E-state index < -0.39 is 10.0 Å². The molecule has 0 aliphatic rings. The first-order chi connectivity index (χ1) is 14.8. The second-order valence-electron chi connectivity index (χ2n) is 6.73. The highest BCUT2D eigenvalue weighted by atomic mass is 32.2. The summed E-state index contributed by atoms with van der Waals surface area (Å²) >= 11 is 1.55. The van der Waals surface area contributed by atoms with Gasteiger partial charge >= 0.3 is 0 Å². The van der Waals surface area contributed by atoms with E-state index in [1.54, 1.807) is 41.7 Å². The van der Waals surface area contributed by atoms with Gasteiger partial charge in [0.25, 0.3) is 15.9 Å². The molecule has 2 N–H and O–H groups in total. The number of methoxy groups -OCH3 is 1. The zero-order chi connectivity index (χ0) is 22.0. The largest absolute Gasteiger partial charge is 0.497 e. The summed E-state index contributed by atoms with van der Waals surface area (Å²) in [5.74, 6) is 0.301. The fourth-order valence-electron chi connectivity index (χ4n) is 2.98. The van der Waals surface area contributed by atoms with Crippen LogP contribution in [-0.4, -0.2) is 26.4 Å². The summed E-state index contributed by atoms with van der Waals surface area (Å²) in [6.45, 7) is 1.93. The van der Waals surface area contributed by atoms with Crippen LogP contribution in [0.15, 0.2) is 71.6 Å². The van der Waals surface area contributed by atoms with Crippen molar-refractivity contribution in [3.05, 3.63) is 77.3 Å². The van der Waals surface area contributed by atoms with Crippen LogP contribution in [0.1, 0.15) is 15.4 Å².